The van der Waals surface area contributed by atoms with Crippen molar-refractivity contribution in [2.45, 2.75) is 66.1 Å². The summed E-state index contributed by atoms with van der Waals surface area (Å²) in [5, 5.41) is 0. The summed E-state index contributed by atoms with van der Waals surface area (Å²) in [6.45, 7) is 17.7. The van der Waals surface area contributed by atoms with Crippen molar-refractivity contribution in [1.82, 2.24) is 9.80 Å². The molecule has 1 atom stereocenters. The van der Waals surface area contributed by atoms with Gasteiger partial charge < -0.3 is 0 Å². The Morgan fingerprint density at radius 2 is 1.56 bits per heavy atom. The molecule has 2 heteroatoms. The average molecular weight is 226 g/mol. The molecular formula is C14H30N2. The summed E-state index contributed by atoms with van der Waals surface area (Å²) in [6.07, 6.45) is 1.33. The van der Waals surface area contributed by atoms with E-state index in [4.69, 9.17) is 0 Å². The normalized spacial score (nSPS) is 24.9. The maximum absolute atomic E-state index is 2.69. The number of hydrogen-bond donors (Lipinski definition) is 0. The predicted molar refractivity (Wildman–Crippen MR) is 71.8 cm³/mol. The van der Waals surface area contributed by atoms with E-state index in [0.29, 0.717) is 12.1 Å². The van der Waals surface area contributed by atoms with E-state index < -0.39 is 0 Å². The second-order valence-corrected chi connectivity index (χ2v) is 6.20. The third-order valence-corrected chi connectivity index (χ3v) is 3.70. The van der Waals surface area contributed by atoms with Crippen LogP contribution in [-0.2, 0) is 0 Å². The summed E-state index contributed by atoms with van der Waals surface area (Å²) in [4.78, 5) is 5.32. The highest BCUT2D eigenvalue weighted by molar-refractivity contribution is 4.85. The molecule has 1 aliphatic rings. The van der Waals surface area contributed by atoms with Crippen molar-refractivity contribution in [3.63, 3.8) is 0 Å². The van der Waals surface area contributed by atoms with Gasteiger partial charge in [-0.15, -0.1) is 0 Å². The van der Waals surface area contributed by atoms with Crippen LogP contribution < -0.4 is 0 Å². The van der Waals surface area contributed by atoms with E-state index in [2.05, 4.69) is 51.3 Å². The number of nitrogens with zero attached hydrogens (tertiary/aromatic N) is 2. The molecule has 1 rings (SSSR count). The molecule has 96 valence electrons. The van der Waals surface area contributed by atoms with Gasteiger partial charge in [0.1, 0.15) is 0 Å². The largest absolute Gasteiger partial charge is 0.298 e. The molecule has 16 heavy (non-hydrogen) atoms. The molecule has 0 aliphatic carbocycles. The van der Waals surface area contributed by atoms with Crippen molar-refractivity contribution in [3.05, 3.63) is 0 Å². The monoisotopic (exact) mass is 226 g/mol. The first kappa shape index (κ1) is 14.0. The Labute approximate surface area is 102 Å². The molecule has 0 bridgehead atoms. The molecule has 1 fully saturated rings. The smallest absolute Gasteiger partial charge is 0.0228 e. The summed E-state index contributed by atoms with van der Waals surface area (Å²) in [5.74, 6) is 0.804. The first-order chi connectivity index (χ1) is 7.41. The molecule has 0 amide bonds. The Kier molecular flexibility index (Phi) is 5.26. The van der Waals surface area contributed by atoms with Gasteiger partial charge in [-0.3, -0.25) is 9.80 Å². The van der Waals surface area contributed by atoms with Crippen LogP contribution in [0.4, 0.5) is 0 Å². The highest BCUT2D eigenvalue weighted by Crippen LogP contribution is 2.20. The van der Waals surface area contributed by atoms with E-state index in [1.807, 2.05) is 0 Å². The predicted octanol–water partition coefficient (Wildman–Crippen LogP) is 2.84. The van der Waals surface area contributed by atoms with Gasteiger partial charge in [0.2, 0.25) is 0 Å². The molecule has 0 unspecified atom stereocenters. The van der Waals surface area contributed by atoms with E-state index in [1.165, 1.54) is 26.1 Å². The van der Waals surface area contributed by atoms with Gasteiger partial charge in [-0.05, 0) is 40.0 Å². The molecular weight excluding hydrogens is 196 g/mol. The molecule has 0 radical (unpaired) electrons. The summed E-state index contributed by atoms with van der Waals surface area (Å²) in [5.41, 5.74) is 0. The Balaban J connectivity index is 2.61. The lowest BCUT2D eigenvalue weighted by atomic mass is 9.98. The van der Waals surface area contributed by atoms with Crippen molar-refractivity contribution in [3.8, 4) is 0 Å². The van der Waals surface area contributed by atoms with E-state index in [-0.39, 0.29) is 0 Å². The lowest BCUT2D eigenvalue weighted by molar-refractivity contribution is 0.0272. The van der Waals surface area contributed by atoms with E-state index in [9.17, 15) is 0 Å². The molecule has 0 aromatic heterocycles. The average Bonchev–Trinajstić information content (AvgIpc) is 2.15. The summed E-state index contributed by atoms with van der Waals surface area (Å²) < 4.78 is 0. The fourth-order valence-corrected chi connectivity index (χ4v) is 2.80. The molecule has 1 aliphatic heterocycles. The first-order valence-corrected chi connectivity index (χ1v) is 6.91. The van der Waals surface area contributed by atoms with Crippen molar-refractivity contribution in [1.29, 1.82) is 0 Å². The highest BCUT2D eigenvalue weighted by Gasteiger charge is 2.29. The number of rotatable bonds is 4. The molecule has 2 nitrogen and oxygen atoms in total. The van der Waals surface area contributed by atoms with Gasteiger partial charge in [0.05, 0.1) is 0 Å². The van der Waals surface area contributed by atoms with Crippen molar-refractivity contribution >= 4 is 0 Å². The van der Waals surface area contributed by atoms with Crippen LogP contribution in [0.2, 0.25) is 0 Å². The van der Waals surface area contributed by atoms with Crippen LogP contribution >= 0.6 is 0 Å². The molecule has 1 saturated heterocycles. The van der Waals surface area contributed by atoms with Crippen LogP contribution in [0.15, 0.2) is 0 Å². The topological polar surface area (TPSA) is 6.48 Å². The molecule has 0 aromatic carbocycles. The Morgan fingerprint density at radius 3 is 2.00 bits per heavy atom. The third-order valence-electron chi connectivity index (χ3n) is 3.70. The van der Waals surface area contributed by atoms with Gasteiger partial charge >= 0.3 is 0 Å². The van der Waals surface area contributed by atoms with Crippen LogP contribution in [0, 0.1) is 5.92 Å². The van der Waals surface area contributed by atoms with Crippen molar-refractivity contribution in [2.75, 3.05) is 19.6 Å². The second kappa shape index (κ2) is 6.02. The zero-order valence-corrected chi connectivity index (χ0v) is 12.0. The Hall–Kier alpha value is -0.0800. The van der Waals surface area contributed by atoms with Crippen LogP contribution in [0.5, 0.6) is 0 Å². The minimum atomic E-state index is 0.693. The maximum atomic E-state index is 2.69. The van der Waals surface area contributed by atoms with Gasteiger partial charge in [-0.1, -0.05) is 13.8 Å². The van der Waals surface area contributed by atoms with Crippen LogP contribution in [-0.4, -0.2) is 47.6 Å². The van der Waals surface area contributed by atoms with Gasteiger partial charge in [-0.25, -0.2) is 0 Å². The molecule has 0 saturated carbocycles. The maximum Gasteiger partial charge on any atom is 0.0228 e. The van der Waals surface area contributed by atoms with Crippen LogP contribution in [0.25, 0.3) is 0 Å². The minimum Gasteiger partial charge on any atom is -0.298 e. The minimum absolute atomic E-state index is 0.693. The molecule has 0 aromatic rings. The van der Waals surface area contributed by atoms with Gasteiger partial charge in [0, 0.05) is 37.8 Å². The molecule has 1 heterocycles. The summed E-state index contributed by atoms with van der Waals surface area (Å²) in [7, 11) is 0. The Morgan fingerprint density at radius 1 is 0.938 bits per heavy atom. The number of piperazine rings is 1. The zero-order chi connectivity index (χ0) is 12.3. The molecule has 0 spiro atoms. The van der Waals surface area contributed by atoms with Crippen LogP contribution in [0.3, 0.4) is 0 Å². The first-order valence-electron chi connectivity index (χ1n) is 6.91. The van der Waals surface area contributed by atoms with E-state index >= 15 is 0 Å². The summed E-state index contributed by atoms with van der Waals surface area (Å²) >= 11 is 0. The summed E-state index contributed by atoms with van der Waals surface area (Å²) in [6, 6.07) is 2.15. The van der Waals surface area contributed by atoms with Gasteiger partial charge in [0.25, 0.3) is 0 Å². The fraction of sp³-hybridized carbons (Fsp3) is 1.00. The number of hydrogen-bond acceptors (Lipinski definition) is 2. The SMILES string of the molecule is CC(C)C[C@@H]1CN(C(C)C)CCN1C(C)C. The second-order valence-electron chi connectivity index (χ2n) is 6.20. The van der Waals surface area contributed by atoms with Crippen molar-refractivity contribution in [2.24, 2.45) is 5.92 Å². The van der Waals surface area contributed by atoms with E-state index in [0.717, 1.165) is 12.0 Å². The van der Waals surface area contributed by atoms with Gasteiger partial charge in [-0.2, -0.15) is 0 Å². The lowest BCUT2D eigenvalue weighted by Gasteiger charge is -2.45. The van der Waals surface area contributed by atoms with Crippen molar-refractivity contribution < 1.29 is 0 Å². The fourth-order valence-electron chi connectivity index (χ4n) is 2.80. The molecule has 0 N–H and O–H groups in total. The standard InChI is InChI=1S/C14H30N2/c1-11(2)9-14-10-15(12(3)4)7-8-16(14)13(5)6/h11-14H,7-10H2,1-6H3/t14-/m1/s1. The van der Waals surface area contributed by atoms with E-state index in [1.54, 1.807) is 0 Å². The zero-order valence-electron chi connectivity index (χ0n) is 12.0. The van der Waals surface area contributed by atoms with Crippen LogP contribution in [0.1, 0.15) is 48.0 Å². The third kappa shape index (κ3) is 3.74. The Bertz CT molecular complexity index is 199. The lowest BCUT2D eigenvalue weighted by Crippen LogP contribution is -2.57. The highest BCUT2D eigenvalue weighted by atomic mass is 15.3. The quantitative estimate of drug-likeness (QED) is 0.727. The van der Waals surface area contributed by atoms with Gasteiger partial charge in [0.15, 0.2) is 0 Å².